The summed E-state index contributed by atoms with van der Waals surface area (Å²) < 4.78 is 7.64. The molecule has 2 aromatic heterocycles. The zero-order valence-electron chi connectivity index (χ0n) is 16.7. The fourth-order valence-corrected chi connectivity index (χ4v) is 4.62. The Morgan fingerprint density at radius 1 is 1.14 bits per heavy atom. The average molecular weight is 412 g/mol. The van der Waals surface area contributed by atoms with Gasteiger partial charge in [0, 0.05) is 27.2 Å². The fourth-order valence-electron chi connectivity index (χ4n) is 3.44. The second-order valence-electron chi connectivity index (χ2n) is 7.28. The van der Waals surface area contributed by atoms with Crippen molar-refractivity contribution in [3.8, 4) is 0 Å². The first-order chi connectivity index (χ1) is 14.1. The Morgan fingerprint density at radius 3 is 2.55 bits per heavy atom. The zero-order chi connectivity index (χ0) is 20.2. The lowest BCUT2D eigenvalue weighted by molar-refractivity contribution is -0.128. The monoisotopic (exact) mass is 411 g/mol. The summed E-state index contributed by atoms with van der Waals surface area (Å²) in [5.74, 6) is 1.70. The van der Waals surface area contributed by atoms with E-state index in [0.717, 1.165) is 43.2 Å². The van der Waals surface area contributed by atoms with E-state index in [1.165, 1.54) is 11.8 Å². The molecule has 0 N–H and O–H groups in total. The van der Waals surface area contributed by atoms with Gasteiger partial charge in [-0.2, -0.15) is 0 Å². The molecule has 0 aliphatic carbocycles. The lowest BCUT2D eigenvalue weighted by Crippen LogP contribution is -2.27. The second kappa shape index (κ2) is 8.73. The van der Waals surface area contributed by atoms with Gasteiger partial charge in [0.2, 0.25) is 11.9 Å². The van der Waals surface area contributed by atoms with Crippen molar-refractivity contribution in [1.82, 2.24) is 19.7 Å². The molecule has 1 fully saturated rings. The van der Waals surface area contributed by atoms with E-state index in [0.29, 0.717) is 11.7 Å². The number of likely N-dealkylation sites (N-methyl/N-ethyl adjacent to an activating group) is 1. The van der Waals surface area contributed by atoms with Crippen LogP contribution in [0.1, 0.15) is 29.4 Å². The van der Waals surface area contributed by atoms with Gasteiger partial charge in [0.25, 0.3) is 0 Å². The zero-order valence-corrected chi connectivity index (χ0v) is 17.5. The Hall–Kier alpha value is -2.74. The van der Waals surface area contributed by atoms with Crippen LogP contribution in [0.2, 0.25) is 0 Å². The highest BCUT2D eigenvalue weighted by molar-refractivity contribution is 8.00. The summed E-state index contributed by atoms with van der Waals surface area (Å²) in [4.78, 5) is 16.8. The van der Waals surface area contributed by atoms with Crippen molar-refractivity contribution < 1.29 is 9.21 Å². The summed E-state index contributed by atoms with van der Waals surface area (Å²) in [6, 6.07) is 13.6. The molecule has 1 saturated heterocycles. The van der Waals surface area contributed by atoms with E-state index in [9.17, 15) is 4.79 Å². The number of benzene rings is 1. The molecule has 1 aliphatic heterocycles. The number of anilines is 1. The molecule has 1 aliphatic rings. The van der Waals surface area contributed by atoms with E-state index in [2.05, 4.69) is 19.7 Å². The number of carbonyl (C=O) groups is 1. The van der Waals surface area contributed by atoms with Crippen molar-refractivity contribution in [3.05, 3.63) is 60.1 Å². The summed E-state index contributed by atoms with van der Waals surface area (Å²) in [5, 5.41) is 9.27. The van der Waals surface area contributed by atoms with Crippen molar-refractivity contribution >= 4 is 23.6 Å². The van der Waals surface area contributed by atoms with E-state index in [-0.39, 0.29) is 5.91 Å². The predicted molar refractivity (Wildman–Crippen MR) is 113 cm³/mol. The number of hydrogen-bond donors (Lipinski definition) is 0. The first-order valence-electron chi connectivity index (χ1n) is 9.77. The number of carbonyl (C=O) groups excluding carboxylic acids is 1. The van der Waals surface area contributed by atoms with Crippen LogP contribution in [0.25, 0.3) is 0 Å². The highest BCUT2D eigenvalue weighted by Gasteiger charge is 2.28. The van der Waals surface area contributed by atoms with Crippen LogP contribution >= 0.6 is 11.8 Å². The summed E-state index contributed by atoms with van der Waals surface area (Å²) >= 11 is 1.44. The van der Waals surface area contributed by atoms with Crippen molar-refractivity contribution in [1.29, 1.82) is 0 Å². The molecule has 1 amide bonds. The molecule has 1 atom stereocenters. The van der Waals surface area contributed by atoms with Crippen molar-refractivity contribution in [2.24, 2.45) is 0 Å². The first-order valence-corrected chi connectivity index (χ1v) is 10.6. The van der Waals surface area contributed by atoms with Gasteiger partial charge in [-0.25, -0.2) is 0 Å². The molecule has 0 radical (unpaired) electrons. The van der Waals surface area contributed by atoms with Crippen LogP contribution < -0.4 is 4.90 Å². The molecule has 29 heavy (non-hydrogen) atoms. The lowest BCUT2D eigenvalue weighted by atomic mass is 10.1. The van der Waals surface area contributed by atoms with Gasteiger partial charge in [-0.05, 0) is 30.5 Å². The highest BCUT2D eigenvalue weighted by Crippen LogP contribution is 2.37. The Balaban J connectivity index is 1.69. The second-order valence-corrected chi connectivity index (χ2v) is 8.36. The fraction of sp³-hybridized carbons (Fsp3) is 0.381. The molecule has 7 nitrogen and oxygen atoms in total. The Kier molecular flexibility index (Phi) is 5.89. The average Bonchev–Trinajstić information content (AvgIpc) is 3.49. The van der Waals surface area contributed by atoms with Crippen molar-refractivity contribution in [3.63, 3.8) is 0 Å². The van der Waals surface area contributed by atoms with Crippen molar-refractivity contribution in [2.75, 3.05) is 32.1 Å². The Bertz CT molecular complexity index is 933. The number of amides is 1. The highest BCUT2D eigenvalue weighted by atomic mass is 32.2. The van der Waals surface area contributed by atoms with Gasteiger partial charge in [0.1, 0.15) is 11.0 Å². The first kappa shape index (κ1) is 19.6. The van der Waals surface area contributed by atoms with Gasteiger partial charge >= 0.3 is 0 Å². The number of aromatic nitrogens is 3. The number of furan rings is 1. The van der Waals surface area contributed by atoms with Gasteiger partial charge in [-0.1, -0.05) is 42.1 Å². The molecule has 8 heteroatoms. The van der Waals surface area contributed by atoms with Gasteiger partial charge in [0.05, 0.1) is 12.8 Å². The van der Waals surface area contributed by atoms with Crippen LogP contribution in [0, 0.1) is 0 Å². The summed E-state index contributed by atoms with van der Waals surface area (Å²) in [6.45, 7) is 2.48. The molecule has 0 saturated carbocycles. The molecule has 1 unspecified atom stereocenters. The molecule has 1 aromatic carbocycles. The number of nitrogens with zero attached hydrogens (tertiary/aromatic N) is 5. The molecule has 4 rings (SSSR count). The molecular weight excluding hydrogens is 386 g/mol. The minimum absolute atomic E-state index is 0.0245. The summed E-state index contributed by atoms with van der Waals surface area (Å²) in [6.07, 6.45) is 3.98. The maximum absolute atomic E-state index is 13.0. The topological polar surface area (TPSA) is 67.4 Å². The SMILES string of the molecule is CN(C)C(=O)C(Sc1nnc(N2CCCC2)n1Cc1ccco1)c1ccccc1. The van der Waals surface area contributed by atoms with Crippen LogP contribution in [-0.2, 0) is 11.3 Å². The van der Waals surface area contributed by atoms with Gasteiger partial charge in [-0.3, -0.25) is 9.36 Å². The van der Waals surface area contributed by atoms with Gasteiger partial charge < -0.3 is 14.2 Å². The van der Waals surface area contributed by atoms with E-state index in [1.54, 1.807) is 25.3 Å². The van der Waals surface area contributed by atoms with E-state index >= 15 is 0 Å². The van der Waals surface area contributed by atoms with E-state index in [1.807, 2.05) is 42.5 Å². The third kappa shape index (κ3) is 4.32. The normalized spacial score (nSPS) is 14.9. The van der Waals surface area contributed by atoms with Crippen LogP contribution in [-0.4, -0.2) is 52.8 Å². The minimum atomic E-state index is -0.392. The molecule has 0 spiro atoms. The molecular formula is C21H25N5O2S. The van der Waals surface area contributed by atoms with Gasteiger partial charge in [-0.15, -0.1) is 10.2 Å². The third-order valence-electron chi connectivity index (χ3n) is 4.97. The summed E-state index contributed by atoms with van der Waals surface area (Å²) in [5.41, 5.74) is 0.950. The summed E-state index contributed by atoms with van der Waals surface area (Å²) in [7, 11) is 3.56. The molecule has 0 bridgehead atoms. The molecule has 3 heterocycles. The van der Waals surface area contributed by atoms with Crippen LogP contribution in [0.4, 0.5) is 5.95 Å². The third-order valence-corrected chi connectivity index (χ3v) is 6.19. The Labute approximate surface area is 174 Å². The predicted octanol–water partition coefficient (Wildman–Crippen LogP) is 3.44. The number of thioether (sulfide) groups is 1. The lowest BCUT2D eigenvalue weighted by Gasteiger charge is -2.21. The standard InChI is InChI=1S/C21H25N5O2S/c1-24(2)19(27)18(16-9-4-3-5-10-16)29-21-23-22-20(25-12-6-7-13-25)26(21)15-17-11-8-14-28-17/h3-5,8-11,14,18H,6-7,12-13,15H2,1-2H3. The number of rotatable bonds is 7. The molecule has 3 aromatic rings. The molecule has 152 valence electrons. The van der Waals surface area contributed by atoms with Gasteiger partial charge in [0.15, 0.2) is 5.16 Å². The number of hydrogen-bond acceptors (Lipinski definition) is 6. The van der Waals surface area contributed by atoms with E-state index < -0.39 is 5.25 Å². The minimum Gasteiger partial charge on any atom is -0.467 e. The largest absolute Gasteiger partial charge is 0.467 e. The van der Waals surface area contributed by atoms with Crippen LogP contribution in [0.15, 0.2) is 58.3 Å². The quantitative estimate of drug-likeness (QED) is 0.555. The van der Waals surface area contributed by atoms with Crippen LogP contribution in [0.5, 0.6) is 0 Å². The Morgan fingerprint density at radius 2 is 1.90 bits per heavy atom. The van der Waals surface area contributed by atoms with Crippen LogP contribution in [0.3, 0.4) is 0 Å². The maximum Gasteiger partial charge on any atom is 0.240 e. The van der Waals surface area contributed by atoms with Crippen molar-refractivity contribution in [2.45, 2.75) is 29.8 Å². The van der Waals surface area contributed by atoms with E-state index in [4.69, 9.17) is 4.42 Å². The maximum atomic E-state index is 13.0. The smallest absolute Gasteiger partial charge is 0.240 e.